The first-order chi connectivity index (χ1) is 13.8. The maximum atomic E-state index is 13.9. The maximum absolute atomic E-state index is 13.9. The number of halogens is 3. The number of nitrogens with one attached hydrogen (secondary N) is 2. The summed E-state index contributed by atoms with van der Waals surface area (Å²) in [6.45, 7) is 7.60. The van der Waals surface area contributed by atoms with Crippen LogP contribution in [0.5, 0.6) is 0 Å². The molecule has 0 bridgehead atoms. The Hall–Kier alpha value is -2.34. The van der Waals surface area contributed by atoms with Crippen LogP contribution in [0.2, 0.25) is 0 Å². The second-order valence-electron chi connectivity index (χ2n) is 8.26. The molecule has 0 radical (unpaired) electrons. The van der Waals surface area contributed by atoms with Gasteiger partial charge in [-0.25, -0.2) is 0 Å². The smallest absolute Gasteiger partial charge is 0.354 e. The van der Waals surface area contributed by atoms with E-state index in [1.807, 2.05) is 19.1 Å². The summed E-state index contributed by atoms with van der Waals surface area (Å²) in [5.74, 6) is 0.101. The predicted octanol–water partition coefficient (Wildman–Crippen LogP) is 6.15. The Bertz CT molecular complexity index is 1030. The number of aromatic amines is 1. The topological polar surface area (TPSA) is 40.7 Å². The van der Waals surface area contributed by atoms with Gasteiger partial charge in [0.15, 0.2) is 0 Å². The van der Waals surface area contributed by atoms with Crippen LogP contribution in [0.3, 0.4) is 0 Å². The van der Waals surface area contributed by atoms with E-state index in [2.05, 4.69) is 29.1 Å². The fourth-order valence-electron chi connectivity index (χ4n) is 4.52. The number of H-pyrrole nitrogens is 1. The van der Waals surface area contributed by atoms with Crippen LogP contribution < -0.4 is 5.32 Å². The molecule has 1 fully saturated rings. The molecule has 0 atom stereocenters. The molecule has 154 valence electrons. The Morgan fingerprint density at radius 1 is 1.10 bits per heavy atom. The third-order valence-electron chi connectivity index (χ3n) is 5.86. The average molecular weight is 401 g/mol. The van der Waals surface area contributed by atoms with Gasteiger partial charge in [-0.1, -0.05) is 13.8 Å². The Morgan fingerprint density at radius 3 is 2.45 bits per heavy atom. The lowest BCUT2D eigenvalue weighted by Crippen LogP contribution is -2.27. The SMILES string of the molecule is Cc1cc(-c2[nH]c3cc(C(F)(F)F)c(C4CCNCC4)cc3c2C(C)C)ccn1. The number of nitrogens with zero attached hydrogens (tertiary/aromatic N) is 1. The summed E-state index contributed by atoms with van der Waals surface area (Å²) in [4.78, 5) is 7.54. The van der Waals surface area contributed by atoms with Crippen molar-refractivity contribution in [3.8, 4) is 11.3 Å². The summed E-state index contributed by atoms with van der Waals surface area (Å²) < 4.78 is 41.8. The van der Waals surface area contributed by atoms with Crippen molar-refractivity contribution in [2.45, 2.75) is 51.6 Å². The lowest BCUT2D eigenvalue weighted by Gasteiger charge is -2.26. The highest BCUT2D eigenvalue weighted by Crippen LogP contribution is 2.43. The van der Waals surface area contributed by atoms with Crippen LogP contribution >= 0.6 is 0 Å². The van der Waals surface area contributed by atoms with Crippen molar-refractivity contribution in [1.29, 1.82) is 0 Å². The van der Waals surface area contributed by atoms with Crippen molar-refractivity contribution in [2.75, 3.05) is 13.1 Å². The van der Waals surface area contributed by atoms with Gasteiger partial charge in [-0.05, 0) is 80.1 Å². The van der Waals surface area contributed by atoms with Crippen molar-refractivity contribution >= 4 is 10.9 Å². The summed E-state index contributed by atoms with van der Waals surface area (Å²) >= 11 is 0. The highest BCUT2D eigenvalue weighted by Gasteiger charge is 2.36. The number of alkyl halides is 3. The number of benzene rings is 1. The molecule has 2 N–H and O–H groups in total. The van der Waals surface area contributed by atoms with E-state index in [0.717, 1.165) is 53.8 Å². The van der Waals surface area contributed by atoms with Gasteiger partial charge in [0.25, 0.3) is 0 Å². The van der Waals surface area contributed by atoms with Gasteiger partial charge >= 0.3 is 6.18 Å². The molecule has 1 aliphatic heterocycles. The summed E-state index contributed by atoms with van der Waals surface area (Å²) in [5, 5.41) is 4.14. The molecule has 29 heavy (non-hydrogen) atoms. The first kappa shape index (κ1) is 20.0. The van der Waals surface area contributed by atoms with E-state index >= 15 is 0 Å². The van der Waals surface area contributed by atoms with Crippen molar-refractivity contribution < 1.29 is 13.2 Å². The molecular formula is C23H26F3N3. The predicted molar refractivity (Wildman–Crippen MR) is 110 cm³/mol. The van der Waals surface area contributed by atoms with Crippen molar-refractivity contribution in [3.05, 3.63) is 52.8 Å². The molecule has 0 amide bonds. The third kappa shape index (κ3) is 3.78. The zero-order chi connectivity index (χ0) is 20.8. The van der Waals surface area contributed by atoms with Gasteiger partial charge in [0.1, 0.15) is 0 Å². The highest BCUT2D eigenvalue weighted by atomic mass is 19.4. The van der Waals surface area contributed by atoms with E-state index in [9.17, 15) is 13.2 Å². The van der Waals surface area contributed by atoms with Gasteiger partial charge in [0, 0.05) is 28.4 Å². The Morgan fingerprint density at radius 2 is 1.83 bits per heavy atom. The number of fused-ring (bicyclic) bond motifs is 1. The molecule has 4 rings (SSSR count). The molecule has 6 heteroatoms. The number of hydrogen-bond acceptors (Lipinski definition) is 2. The van der Waals surface area contributed by atoms with Gasteiger partial charge in [-0.15, -0.1) is 0 Å². The van der Waals surface area contributed by atoms with Gasteiger partial charge in [0.2, 0.25) is 0 Å². The number of aromatic nitrogens is 2. The molecule has 0 saturated carbocycles. The van der Waals surface area contributed by atoms with Crippen molar-refractivity contribution in [3.63, 3.8) is 0 Å². The molecule has 2 aromatic heterocycles. The zero-order valence-corrected chi connectivity index (χ0v) is 17.0. The average Bonchev–Trinajstić information content (AvgIpc) is 3.06. The first-order valence-corrected chi connectivity index (χ1v) is 10.2. The van der Waals surface area contributed by atoms with E-state index in [1.54, 1.807) is 12.3 Å². The second-order valence-corrected chi connectivity index (χ2v) is 8.26. The van der Waals surface area contributed by atoms with E-state index in [-0.39, 0.29) is 11.8 Å². The minimum absolute atomic E-state index is 0.0705. The Labute approximate surface area is 168 Å². The van der Waals surface area contributed by atoms with E-state index < -0.39 is 11.7 Å². The molecule has 0 spiro atoms. The zero-order valence-electron chi connectivity index (χ0n) is 17.0. The van der Waals surface area contributed by atoms with Crippen LogP contribution in [0.15, 0.2) is 30.5 Å². The number of rotatable bonds is 3. The summed E-state index contributed by atoms with van der Waals surface area (Å²) in [7, 11) is 0. The molecule has 0 aliphatic carbocycles. The fourth-order valence-corrected chi connectivity index (χ4v) is 4.52. The molecule has 3 nitrogen and oxygen atoms in total. The molecule has 3 heterocycles. The number of piperidine rings is 1. The Kier molecular flexibility index (Phi) is 5.15. The van der Waals surface area contributed by atoms with Crippen LogP contribution in [0.4, 0.5) is 13.2 Å². The normalized spacial score (nSPS) is 16.1. The lowest BCUT2D eigenvalue weighted by molar-refractivity contribution is -0.138. The van der Waals surface area contributed by atoms with E-state index in [4.69, 9.17) is 0 Å². The Balaban J connectivity index is 1.98. The van der Waals surface area contributed by atoms with E-state index in [1.165, 1.54) is 6.07 Å². The molecule has 1 aromatic carbocycles. The summed E-state index contributed by atoms with van der Waals surface area (Å²) in [6.07, 6.45) is -1.17. The van der Waals surface area contributed by atoms with Crippen LogP contribution in [0.1, 0.15) is 60.9 Å². The van der Waals surface area contributed by atoms with Gasteiger partial charge in [0.05, 0.1) is 11.3 Å². The van der Waals surface area contributed by atoms with Crippen molar-refractivity contribution in [1.82, 2.24) is 15.3 Å². The monoisotopic (exact) mass is 401 g/mol. The minimum atomic E-state index is -4.37. The maximum Gasteiger partial charge on any atom is 0.416 e. The largest absolute Gasteiger partial charge is 0.416 e. The molecule has 1 saturated heterocycles. The van der Waals surface area contributed by atoms with Crippen LogP contribution in [-0.2, 0) is 6.18 Å². The standard InChI is InChI=1S/C23H26F3N3/c1-13(2)21-18-11-17(15-4-7-27-8-5-15)19(23(24,25)26)12-20(18)29-22(21)16-6-9-28-14(3)10-16/h6,9-13,15,27,29H,4-5,7-8H2,1-3H3. The summed E-state index contributed by atoms with van der Waals surface area (Å²) in [6, 6.07) is 6.99. The molecule has 3 aromatic rings. The van der Waals surface area contributed by atoms with Gasteiger partial charge in [-0.2, -0.15) is 13.2 Å². The number of pyridine rings is 1. The van der Waals surface area contributed by atoms with E-state index in [0.29, 0.717) is 11.1 Å². The van der Waals surface area contributed by atoms with Gasteiger partial charge < -0.3 is 10.3 Å². The van der Waals surface area contributed by atoms with Crippen LogP contribution in [0, 0.1) is 6.92 Å². The first-order valence-electron chi connectivity index (χ1n) is 10.2. The second kappa shape index (κ2) is 7.48. The molecule has 0 unspecified atom stereocenters. The lowest BCUT2D eigenvalue weighted by atomic mass is 9.85. The quantitative estimate of drug-likeness (QED) is 0.553. The van der Waals surface area contributed by atoms with Crippen molar-refractivity contribution in [2.24, 2.45) is 0 Å². The number of hydrogen-bond donors (Lipinski definition) is 2. The van der Waals surface area contributed by atoms with Gasteiger partial charge in [-0.3, -0.25) is 4.98 Å². The van der Waals surface area contributed by atoms with Crippen LogP contribution in [0.25, 0.3) is 22.2 Å². The fraction of sp³-hybridized carbons (Fsp3) is 0.435. The highest BCUT2D eigenvalue weighted by molar-refractivity contribution is 5.92. The molecule has 1 aliphatic rings. The van der Waals surface area contributed by atoms with Crippen LogP contribution in [-0.4, -0.2) is 23.1 Å². The third-order valence-corrected chi connectivity index (χ3v) is 5.86. The summed E-state index contributed by atoms with van der Waals surface area (Å²) in [5.41, 5.74) is 4.25. The minimum Gasteiger partial charge on any atom is -0.354 e. The molecular weight excluding hydrogens is 375 g/mol. The number of aryl methyl sites for hydroxylation is 1.